The highest BCUT2D eigenvalue weighted by molar-refractivity contribution is 5.94. The molecule has 2 aliphatic heterocycles. The van der Waals surface area contributed by atoms with Crippen LogP contribution in [0.5, 0.6) is 0 Å². The highest BCUT2D eigenvalue weighted by atomic mass is 16.5. The molecule has 0 amide bonds. The van der Waals surface area contributed by atoms with Crippen LogP contribution >= 0.6 is 0 Å². The molecule has 0 saturated carbocycles. The molecular formula is C28H23N3O2. The monoisotopic (exact) mass is 433 g/mol. The standard InChI is InChI=1S/C28H23N3O2/c1-18-21(6-8-25-26(18)17-33-28(25)32)15-30-11-9-19-13-23(7-5-22(19)16-30)31-12-10-24-20(14-29)3-2-4-27(24)31/h2-8,10,12-13H,9,11,15-17H2,1H3. The normalized spacial score (nSPS) is 15.2. The summed E-state index contributed by atoms with van der Waals surface area (Å²) in [5, 5.41) is 10.4. The zero-order chi connectivity index (χ0) is 22.5. The number of carbonyl (C=O) groups is 1. The zero-order valence-electron chi connectivity index (χ0n) is 18.5. The fourth-order valence-corrected chi connectivity index (χ4v) is 5.18. The Balaban J connectivity index is 1.25. The number of ether oxygens (including phenoxy) is 1. The Morgan fingerprint density at radius 2 is 2.00 bits per heavy atom. The highest BCUT2D eigenvalue weighted by Gasteiger charge is 2.25. The number of hydrogen-bond acceptors (Lipinski definition) is 4. The number of hydrogen-bond donors (Lipinski definition) is 0. The van der Waals surface area contributed by atoms with Crippen molar-refractivity contribution < 1.29 is 9.53 Å². The third kappa shape index (κ3) is 3.23. The predicted octanol–water partition coefficient (Wildman–Crippen LogP) is 5.04. The number of benzene rings is 3. The lowest BCUT2D eigenvalue weighted by Gasteiger charge is -2.30. The molecule has 3 aromatic carbocycles. The second kappa shape index (κ2) is 7.61. The van der Waals surface area contributed by atoms with Crippen LogP contribution in [-0.2, 0) is 30.9 Å². The zero-order valence-corrected chi connectivity index (χ0v) is 18.5. The first-order valence-corrected chi connectivity index (χ1v) is 11.3. The van der Waals surface area contributed by atoms with Crippen molar-refractivity contribution in [3.8, 4) is 11.8 Å². The predicted molar refractivity (Wildman–Crippen MR) is 126 cm³/mol. The van der Waals surface area contributed by atoms with E-state index in [1.165, 1.54) is 22.3 Å². The van der Waals surface area contributed by atoms with Crippen molar-refractivity contribution in [3.05, 3.63) is 99.7 Å². The van der Waals surface area contributed by atoms with E-state index < -0.39 is 0 Å². The molecule has 0 bridgehead atoms. The molecule has 4 aromatic rings. The lowest BCUT2D eigenvalue weighted by atomic mass is 9.96. The molecule has 162 valence electrons. The summed E-state index contributed by atoms with van der Waals surface area (Å²) in [5.41, 5.74) is 9.83. The van der Waals surface area contributed by atoms with Gasteiger partial charge in [0.05, 0.1) is 22.7 Å². The van der Waals surface area contributed by atoms with Gasteiger partial charge in [-0.1, -0.05) is 18.2 Å². The molecule has 0 N–H and O–H groups in total. The summed E-state index contributed by atoms with van der Waals surface area (Å²) in [4.78, 5) is 14.3. The molecule has 0 aliphatic carbocycles. The van der Waals surface area contributed by atoms with Gasteiger partial charge in [0.15, 0.2) is 0 Å². The van der Waals surface area contributed by atoms with Crippen molar-refractivity contribution >= 4 is 16.9 Å². The molecule has 33 heavy (non-hydrogen) atoms. The van der Waals surface area contributed by atoms with Crippen LogP contribution in [-0.4, -0.2) is 22.0 Å². The van der Waals surface area contributed by atoms with E-state index in [-0.39, 0.29) is 5.97 Å². The van der Waals surface area contributed by atoms with Crippen LogP contribution in [0.3, 0.4) is 0 Å². The SMILES string of the molecule is Cc1c(CN2CCc3cc(-n4ccc5c(C#N)cccc54)ccc3C2)ccc2c1COC2=O. The summed E-state index contributed by atoms with van der Waals surface area (Å²) < 4.78 is 7.37. The van der Waals surface area contributed by atoms with E-state index in [0.29, 0.717) is 17.7 Å². The minimum Gasteiger partial charge on any atom is -0.457 e. The van der Waals surface area contributed by atoms with Gasteiger partial charge in [-0.3, -0.25) is 4.90 Å². The Hall–Kier alpha value is -3.88. The maximum Gasteiger partial charge on any atom is 0.338 e. The van der Waals surface area contributed by atoms with Crippen LogP contribution in [0.1, 0.15) is 43.7 Å². The van der Waals surface area contributed by atoms with Crippen molar-refractivity contribution in [3.63, 3.8) is 0 Å². The first kappa shape index (κ1) is 19.8. The number of esters is 1. The van der Waals surface area contributed by atoms with Crippen molar-refractivity contribution in [2.24, 2.45) is 0 Å². The minimum atomic E-state index is -0.207. The molecule has 0 radical (unpaired) electrons. The van der Waals surface area contributed by atoms with E-state index in [1.807, 2.05) is 30.5 Å². The molecule has 5 nitrogen and oxygen atoms in total. The van der Waals surface area contributed by atoms with Gasteiger partial charge in [0.25, 0.3) is 0 Å². The molecule has 2 aliphatic rings. The molecule has 1 aromatic heterocycles. The number of fused-ring (bicyclic) bond motifs is 3. The molecule has 0 saturated heterocycles. The van der Waals surface area contributed by atoms with Gasteiger partial charge in [-0.15, -0.1) is 0 Å². The third-order valence-corrected chi connectivity index (χ3v) is 7.08. The summed E-state index contributed by atoms with van der Waals surface area (Å²) >= 11 is 0. The second-order valence-corrected chi connectivity index (χ2v) is 8.90. The van der Waals surface area contributed by atoms with Crippen molar-refractivity contribution in [2.75, 3.05) is 6.54 Å². The average Bonchev–Trinajstić information content (AvgIpc) is 3.44. The Morgan fingerprint density at radius 1 is 1.09 bits per heavy atom. The van der Waals surface area contributed by atoms with E-state index in [1.54, 1.807) is 0 Å². The Labute approximate surface area is 192 Å². The van der Waals surface area contributed by atoms with Gasteiger partial charge >= 0.3 is 5.97 Å². The van der Waals surface area contributed by atoms with Gasteiger partial charge < -0.3 is 9.30 Å². The topological polar surface area (TPSA) is 58.3 Å². The molecular weight excluding hydrogens is 410 g/mol. The van der Waals surface area contributed by atoms with E-state index in [4.69, 9.17) is 4.74 Å². The van der Waals surface area contributed by atoms with Gasteiger partial charge in [-0.25, -0.2) is 4.79 Å². The number of aromatic nitrogens is 1. The van der Waals surface area contributed by atoms with E-state index in [2.05, 4.69) is 52.8 Å². The smallest absolute Gasteiger partial charge is 0.338 e. The first-order valence-electron chi connectivity index (χ1n) is 11.3. The molecule has 5 heteroatoms. The van der Waals surface area contributed by atoms with E-state index >= 15 is 0 Å². The Kier molecular flexibility index (Phi) is 4.56. The number of cyclic esters (lactones) is 1. The Bertz CT molecular complexity index is 1470. The maximum absolute atomic E-state index is 11.8. The van der Waals surface area contributed by atoms with Gasteiger partial charge in [0.2, 0.25) is 0 Å². The lowest BCUT2D eigenvalue weighted by Crippen LogP contribution is -2.30. The first-order chi connectivity index (χ1) is 16.1. The average molecular weight is 434 g/mol. The molecule has 6 rings (SSSR count). The molecule has 0 unspecified atom stereocenters. The highest BCUT2D eigenvalue weighted by Crippen LogP contribution is 2.30. The van der Waals surface area contributed by atoms with Gasteiger partial charge in [-0.2, -0.15) is 5.26 Å². The molecule has 0 fully saturated rings. The fraction of sp³-hybridized carbons (Fsp3) is 0.214. The summed E-state index contributed by atoms with van der Waals surface area (Å²) in [5.74, 6) is -0.207. The van der Waals surface area contributed by atoms with E-state index in [9.17, 15) is 10.1 Å². The van der Waals surface area contributed by atoms with Crippen molar-refractivity contribution in [1.29, 1.82) is 5.26 Å². The quantitative estimate of drug-likeness (QED) is 0.425. The van der Waals surface area contributed by atoms with Crippen LogP contribution in [0.4, 0.5) is 0 Å². The van der Waals surface area contributed by atoms with Gasteiger partial charge in [-0.05, 0) is 72.0 Å². The number of nitrogens with zero attached hydrogens (tertiary/aromatic N) is 3. The van der Waals surface area contributed by atoms with Gasteiger partial charge in [0, 0.05) is 42.5 Å². The van der Waals surface area contributed by atoms with Crippen LogP contribution < -0.4 is 0 Å². The van der Waals surface area contributed by atoms with Crippen LogP contribution in [0.2, 0.25) is 0 Å². The van der Waals surface area contributed by atoms with Crippen LogP contribution in [0.25, 0.3) is 16.6 Å². The fourth-order valence-electron chi connectivity index (χ4n) is 5.18. The number of nitriles is 1. The second-order valence-electron chi connectivity index (χ2n) is 8.90. The summed E-state index contributed by atoms with van der Waals surface area (Å²) in [6.45, 7) is 5.26. The van der Waals surface area contributed by atoms with Crippen molar-refractivity contribution in [2.45, 2.75) is 33.0 Å². The summed E-state index contributed by atoms with van der Waals surface area (Å²) in [7, 11) is 0. The van der Waals surface area contributed by atoms with E-state index in [0.717, 1.165) is 48.2 Å². The molecule has 3 heterocycles. The number of rotatable bonds is 3. The minimum absolute atomic E-state index is 0.207. The summed E-state index contributed by atoms with van der Waals surface area (Å²) in [6, 6.07) is 20.9. The lowest BCUT2D eigenvalue weighted by molar-refractivity contribution is 0.0535. The molecule has 0 spiro atoms. The number of carbonyl (C=O) groups excluding carboxylic acids is 1. The Morgan fingerprint density at radius 3 is 2.88 bits per heavy atom. The van der Waals surface area contributed by atoms with Gasteiger partial charge in [0.1, 0.15) is 6.61 Å². The largest absolute Gasteiger partial charge is 0.457 e. The third-order valence-electron chi connectivity index (χ3n) is 7.08. The summed E-state index contributed by atoms with van der Waals surface area (Å²) in [6.07, 6.45) is 3.05. The van der Waals surface area contributed by atoms with Crippen molar-refractivity contribution in [1.82, 2.24) is 9.47 Å². The van der Waals surface area contributed by atoms with Crippen LogP contribution in [0.15, 0.2) is 60.8 Å². The maximum atomic E-state index is 11.8. The molecule has 0 atom stereocenters. The van der Waals surface area contributed by atoms with Crippen LogP contribution in [0, 0.1) is 18.3 Å².